The van der Waals surface area contributed by atoms with Crippen LogP contribution in [0, 0.1) is 17.3 Å². The van der Waals surface area contributed by atoms with Crippen LogP contribution in [0.25, 0.3) is 0 Å². The third-order valence-electron chi connectivity index (χ3n) is 3.26. The summed E-state index contributed by atoms with van der Waals surface area (Å²) in [4.78, 5) is 0. The normalized spacial score (nSPS) is 28.7. The first-order valence-corrected chi connectivity index (χ1v) is 4.21. The molecule has 0 aromatic rings. The highest BCUT2D eigenvalue weighted by atomic mass is 14.5. The zero-order valence-electron chi connectivity index (χ0n) is 6.48. The molecule has 0 aromatic carbocycles. The number of hydrogen-bond acceptors (Lipinski definition) is 0. The van der Waals surface area contributed by atoms with Gasteiger partial charge in [0.1, 0.15) is 0 Å². The molecular formula is C9H16. The molecule has 2 saturated carbocycles. The molecule has 0 atom stereocenters. The monoisotopic (exact) mass is 124 g/mol. The standard InChI is InChI=1S/C9H16/c1-9(2,7-3-4-7)8-5-6-8/h7-8H,3-6H2,1-2H3. The van der Waals surface area contributed by atoms with E-state index in [-0.39, 0.29) is 0 Å². The zero-order chi connectivity index (χ0) is 6.48. The van der Waals surface area contributed by atoms with Gasteiger partial charge in [-0.15, -0.1) is 0 Å². The van der Waals surface area contributed by atoms with Gasteiger partial charge in [0.05, 0.1) is 0 Å². The van der Waals surface area contributed by atoms with Gasteiger partial charge in [0, 0.05) is 0 Å². The Morgan fingerprint density at radius 1 is 0.889 bits per heavy atom. The molecule has 0 unspecified atom stereocenters. The summed E-state index contributed by atoms with van der Waals surface area (Å²) in [6.45, 7) is 4.92. The fourth-order valence-electron chi connectivity index (χ4n) is 1.99. The SMILES string of the molecule is CC(C)(C1CC1)C1CC1. The summed E-state index contributed by atoms with van der Waals surface area (Å²) < 4.78 is 0. The lowest BCUT2D eigenvalue weighted by Crippen LogP contribution is -2.16. The third kappa shape index (κ3) is 0.889. The van der Waals surface area contributed by atoms with Crippen LogP contribution in [0.3, 0.4) is 0 Å². The van der Waals surface area contributed by atoms with Crippen molar-refractivity contribution in [3.05, 3.63) is 0 Å². The number of hydrogen-bond donors (Lipinski definition) is 0. The van der Waals surface area contributed by atoms with E-state index in [0.717, 1.165) is 17.3 Å². The van der Waals surface area contributed by atoms with Crippen molar-refractivity contribution in [2.24, 2.45) is 17.3 Å². The van der Waals surface area contributed by atoms with Crippen molar-refractivity contribution in [1.29, 1.82) is 0 Å². The van der Waals surface area contributed by atoms with Crippen molar-refractivity contribution in [3.63, 3.8) is 0 Å². The van der Waals surface area contributed by atoms with E-state index < -0.39 is 0 Å². The lowest BCUT2D eigenvalue weighted by Gasteiger charge is -2.23. The Bertz CT molecular complexity index is 102. The highest BCUT2D eigenvalue weighted by Crippen LogP contribution is 2.57. The summed E-state index contributed by atoms with van der Waals surface area (Å²) in [5.41, 5.74) is 0.722. The average molecular weight is 124 g/mol. The Morgan fingerprint density at radius 2 is 1.22 bits per heavy atom. The van der Waals surface area contributed by atoms with Gasteiger partial charge in [-0.25, -0.2) is 0 Å². The van der Waals surface area contributed by atoms with Crippen LogP contribution in [0.5, 0.6) is 0 Å². The van der Waals surface area contributed by atoms with Crippen molar-refractivity contribution >= 4 is 0 Å². The fourth-order valence-corrected chi connectivity index (χ4v) is 1.99. The smallest absolute Gasteiger partial charge is 0.0298 e. The van der Waals surface area contributed by atoms with Crippen LogP contribution in [0.2, 0.25) is 0 Å². The molecule has 2 aliphatic rings. The van der Waals surface area contributed by atoms with Gasteiger partial charge in [0.15, 0.2) is 0 Å². The van der Waals surface area contributed by atoms with Gasteiger partial charge in [-0.1, -0.05) is 13.8 Å². The predicted molar refractivity (Wildman–Crippen MR) is 39.2 cm³/mol. The summed E-state index contributed by atoms with van der Waals surface area (Å²) >= 11 is 0. The van der Waals surface area contributed by atoms with E-state index in [1.165, 1.54) is 25.7 Å². The molecule has 0 nitrogen and oxygen atoms in total. The molecule has 0 amide bonds. The van der Waals surface area contributed by atoms with E-state index in [4.69, 9.17) is 0 Å². The van der Waals surface area contributed by atoms with Crippen LogP contribution in [0.4, 0.5) is 0 Å². The first kappa shape index (κ1) is 5.76. The van der Waals surface area contributed by atoms with E-state index in [1.807, 2.05) is 0 Å². The zero-order valence-corrected chi connectivity index (χ0v) is 6.48. The molecule has 2 fully saturated rings. The Hall–Kier alpha value is 0. The van der Waals surface area contributed by atoms with Crippen LogP contribution in [0.15, 0.2) is 0 Å². The second-order valence-corrected chi connectivity index (χ2v) is 4.37. The molecule has 52 valence electrons. The maximum absolute atomic E-state index is 2.46. The molecule has 0 heteroatoms. The quantitative estimate of drug-likeness (QED) is 0.531. The first-order valence-electron chi connectivity index (χ1n) is 4.21. The van der Waals surface area contributed by atoms with Gasteiger partial charge in [-0.2, -0.15) is 0 Å². The molecule has 0 bridgehead atoms. The maximum atomic E-state index is 2.46. The molecule has 2 rings (SSSR count). The minimum atomic E-state index is 0.722. The van der Waals surface area contributed by atoms with Gasteiger partial charge in [0.25, 0.3) is 0 Å². The van der Waals surface area contributed by atoms with E-state index in [1.54, 1.807) is 0 Å². The lowest BCUT2D eigenvalue weighted by atomic mass is 9.82. The Kier molecular flexibility index (Phi) is 0.980. The van der Waals surface area contributed by atoms with Gasteiger partial charge >= 0.3 is 0 Å². The minimum absolute atomic E-state index is 0.722. The molecule has 0 heterocycles. The first-order chi connectivity index (χ1) is 4.21. The summed E-state index contributed by atoms with van der Waals surface area (Å²) in [6, 6.07) is 0. The van der Waals surface area contributed by atoms with Gasteiger partial charge in [-0.05, 0) is 42.9 Å². The lowest BCUT2D eigenvalue weighted by molar-refractivity contribution is 0.260. The van der Waals surface area contributed by atoms with Crippen molar-refractivity contribution in [3.8, 4) is 0 Å². The largest absolute Gasteiger partial charge is 0.0594 e. The number of rotatable bonds is 2. The summed E-state index contributed by atoms with van der Waals surface area (Å²) in [5, 5.41) is 0. The van der Waals surface area contributed by atoms with Crippen LogP contribution in [-0.4, -0.2) is 0 Å². The fraction of sp³-hybridized carbons (Fsp3) is 1.00. The highest BCUT2D eigenvalue weighted by molar-refractivity contribution is 4.97. The molecule has 0 N–H and O–H groups in total. The molecule has 0 spiro atoms. The molecule has 2 aliphatic carbocycles. The minimum Gasteiger partial charge on any atom is -0.0594 e. The molecule has 0 aromatic heterocycles. The second kappa shape index (κ2) is 1.53. The van der Waals surface area contributed by atoms with Crippen molar-refractivity contribution in [2.45, 2.75) is 39.5 Å². The van der Waals surface area contributed by atoms with E-state index in [0.29, 0.717) is 0 Å². The molecule has 0 radical (unpaired) electrons. The van der Waals surface area contributed by atoms with Crippen molar-refractivity contribution in [2.75, 3.05) is 0 Å². The van der Waals surface area contributed by atoms with Crippen LogP contribution in [-0.2, 0) is 0 Å². The molecular weight excluding hydrogens is 108 g/mol. The maximum Gasteiger partial charge on any atom is -0.0298 e. The Labute approximate surface area is 57.6 Å². The van der Waals surface area contributed by atoms with E-state index in [9.17, 15) is 0 Å². The Balaban J connectivity index is 2.01. The summed E-state index contributed by atoms with van der Waals surface area (Å²) in [5.74, 6) is 2.20. The third-order valence-corrected chi connectivity index (χ3v) is 3.26. The topological polar surface area (TPSA) is 0 Å². The molecule has 0 saturated heterocycles. The second-order valence-electron chi connectivity index (χ2n) is 4.37. The molecule has 0 aliphatic heterocycles. The Morgan fingerprint density at radius 3 is 1.44 bits per heavy atom. The van der Waals surface area contributed by atoms with Crippen molar-refractivity contribution in [1.82, 2.24) is 0 Å². The highest BCUT2D eigenvalue weighted by Gasteiger charge is 2.47. The van der Waals surface area contributed by atoms with E-state index in [2.05, 4.69) is 13.8 Å². The summed E-state index contributed by atoms with van der Waals surface area (Å²) in [7, 11) is 0. The van der Waals surface area contributed by atoms with Gasteiger partial charge in [-0.3, -0.25) is 0 Å². The summed E-state index contributed by atoms with van der Waals surface area (Å²) in [6.07, 6.45) is 6.07. The van der Waals surface area contributed by atoms with Crippen LogP contribution in [0.1, 0.15) is 39.5 Å². The van der Waals surface area contributed by atoms with Gasteiger partial charge in [0.2, 0.25) is 0 Å². The van der Waals surface area contributed by atoms with Crippen LogP contribution >= 0.6 is 0 Å². The average Bonchev–Trinajstić information content (AvgIpc) is 2.62. The van der Waals surface area contributed by atoms with Crippen LogP contribution < -0.4 is 0 Å². The predicted octanol–water partition coefficient (Wildman–Crippen LogP) is 2.83. The molecule has 9 heavy (non-hydrogen) atoms. The van der Waals surface area contributed by atoms with Crippen molar-refractivity contribution < 1.29 is 0 Å². The van der Waals surface area contributed by atoms with Gasteiger partial charge < -0.3 is 0 Å². The van der Waals surface area contributed by atoms with E-state index >= 15 is 0 Å².